The molecule has 0 aromatic heterocycles. The van der Waals surface area contributed by atoms with Gasteiger partial charge in [0, 0.05) is 6.92 Å². The highest BCUT2D eigenvalue weighted by Crippen LogP contribution is 2.11. The van der Waals surface area contributed by atoms with E-state index < -0.39 is 29.6 Å². The average Bonchev–Trinajstić information content (AvgIpc) is 2.01. The van der Waals surface area contributed by atoms with Gasteiger partial charge in [0.1, 0.15) is 0 Å². The van der Waals surface area contributed by atoms with E-state index in [4.69, 9.17) is 25.2 Å². The van der Waals surface area contributed by atoms with Crippen molar-refractivity contribution in [1.29, 1.82) is 0 Å². The molecule has 0 saturated heterocycles. The van der Waals surface area contributed by atoms with E-state index in [1.165, 1.54) is 0 Å². The van der Waals surface area contributed by atoms with Crippen LogP contribution in [0.1, 0.15) is 41.5 Å². The SMILES string of the molecule is CC(=O)O.CC(C)(C)C(=O)O.CC(O)C(C)O. The van der Waals surface area contributed by atoms with Gasteiger partial charge in [-0.25, -0.2) is 0 Å². The third-order valence-corrected chi connectivity index (χ3v) is 1.34. The molecule has 0 rings (SSSR count). The van der Waals surface area contributed by atoms with Crippen LogP contribution in [-0.2, 0) is 9.59 Å². The van der Waals surface area contributed by atoms with Crippen LogP contribution in [0.15, 0.2) is 0 Å². The van der Waals surface area contributed by atoms with Gasteiger partial charge in [-0.1, -0.05) is 0 Å². The number of aliphatic carboxylic acids is 2. The summed E-state index contributed by atoms with van der Waals surface area (Å²) in [6, 6.07) is 0. The Hall–Kier alpha value is -1.14. The van der Waals surface area contributed by atoms with Crippen LogP contribution in [-0.4, -0.2) is 44.6 Å². The summed E-state index contributed by atoms with van der Waals surface area (Å²) in [7, 11) is 0. The summed E-state index contributed by atoms with van der Waals surface area (Å²) in [4.78, 5) is 19.0. The zero-order valence-electron chi connectivity index (χ0n) is 11.3. The van der Waals surface area contributed by atoms with Crippen LogP contribution in [0.5, 0.6) is 0 Å². The molecule has 104 valence electrons. The Kier molecular flexibility index (Phi) is 12.5. The van der Waals surface area contributed by atoms with Crippen LogP contribution in [0.25, 0.3) is 0 Å². The molecule has 6 nitrogen and oxygen atoms in total. The molecule has 4 N–H and O–H groups in total. The largest absolute Gasteiger partial charge is 0.481 e. The third-order valence-electron chi connectivity index (χ3n) is 1.34. The Labute approximate surface area is 102 Å². The fraction of sp³-hybridized carbons (Fsp3) is 0.818. The minimum atomic E-state index is -0.833. The van der Waals surface area contributed by atoms with Crippen molar-refractivity contribution in [3.63, 3.8) is 0 Å². The van der Waals surface area contributed by atoms with Crippen molar-refractivity contribution in [1.82, 2.24) is 0 Å². The molecule has 0 bridgehead atoms. The van der Waals surface area contributed by atoms with Gasteiger partial charge in [0.05, 0.1) is 17.6 Å². The maximum Gasteiger partial charge on any atom is 0.308 e. The van der Waals surface area contributed by atoms with Gasteiger partial charge in [-0.3, -0.25) is 9.59 Å². The lowest BCUT2D eigenvalue weighted by atomic mass is 9.98. The lowest BCUT2D eigenvalue weighted by molar-refractivity contribution is -0.145. The van der Waals surface area contributed by atoms with Crippen molar-refractivity contribution in [2.24, 2.45) is 5.41 Å². The van der Waals surface area contributed by atoms with Crippen LogP contribution >= 0.6 is 0 Å². The number of rotatable bonds is 1. The second kappa shape index (κ2) is 10.0. The lowest BCUT2D eigenvalue weighted by Gasteiger charge is -2.08. The number of aliphatic hydroxyl groups is 2. The van der Waals surface area contributed by atoms with Crippen molar-refractivity contribution < 1.29 is 30.0 Å². The summed E-state index contributed by atoms with van der Waals surface area (Å²) in [5.74, 6) is -1.59. The van der Waals surface area contributed by atoms with Crippen LogP contribution in [0.3, 0.4) is 0 Å². The van der Waals surface area contributed by atoms with Gasteiger partial charge in [-0.2, -0.15) is 0 Å². The summed E-state index contributed by atoms with van der Waals surface area (Å²) in [6.07, 6.45) is -1.19. The summed E-state index contributed by atoms with van der Waals surface area (Å²) >= 11 is 0. The number of hydrogen-bond acceptors (Lipinski definition) is 4. The number of carboxylic acid groups (broad SMARTS) is 2. The predicted octanol–water partition coefficient (Wildman–Crippen LogP) is 0.956. The molecule has 0 amide bonds. The third kappa shape index (κ3) is 31.3. The van der Waals surface area contributed by atoms with Gasteiger partial charge >= 0.3 is 5.97 Å². The minimum absolute atomic E-state index is 0.583. The van der Waals surface area contributed by atoms with E-state index >= 15 is 0 Å². The van der Waals surface area contributed by atoms with Gasteiger partial charge in [0.25, 0.3) is 5.97 Å². The van der Waals surface area contributed by atoms with Gasteiger partial charge in [-0.05, 0) is 34.6 Å². The van der Waals surface area contributed by atoms with Crippen molar-refractivity contribution in [2.45, 2.75) is 53.8 Å². The average molecular weight is 252 g/mol. The Balaban J connectivity index is -0.000000180. The molecule has 0 aromatic rings. The maximum atomic E-state index is 10.0. The van der Waals surface area contributed by atoms with E-state index in [-0.39, 0.29) is 0 Å². The fourth-order valence-corrected chi connectivity index (χ4v) is 0. The molecule has 0 fully saturated rings. The number of aliphatic hydroxyl groups excluding tert-OH is 2. The molecule has 6 heteroatoms. The molecule has 2 atom stereocenters. The summed E-state index contributed by atoms with van der Waals surface area (Å²) < 4.78 is 0. The van der Waals surface area contributed by atoms with Gasteiger partial charge < -0.3 is 20.4 Å². The number of carbonyl (C=O) groups is 2. The second-order valence-corrected chi connectivity index (χ2v) is 4.56. The first-order valence-corrected chi connectivity index (χ1v) is 5.11. The molecule has 0 aliphatic carbocycles. The highest BCUT2D eigenvalue weighted by Gasteiger charge is 2.18. The van der Waals surface area contributed by atoms with Crippen molar-refractivity contribution in [3.8, 4) is 0 Å². The van der Waals surface area contributed by atoms with Crippen molar-refractivity contribution in [3.05, 3.63) is 0 Å². The van der Waals surface area contributed by atoms with Gasteiger partial charge in [0.15, 0.2) is 0 Å². The Morgan fingerprint density at radius 1 is 0.941 bits per heavy atom. The fourth-order valence-electron chi connectivity index (χ4n) is 0. The van der Waals surface area contributed by atoms with Gasteiger partial charge in [-0.15, -0.1) is 0 Å². The van der Waals surface area contributed by atoms with Crippen molar-refractivity contribution >= 4 is 11.9 Å². The molecule has 17 heavy (non-hydrogen) atoms. The zero-order valence-corrected chi connectivity index (χ0v) is 11.3. The lowest BCUT2D eigenvalue weighted by Crippen LogP contribution is -2.18. The van der Waals surface area contributed by atoms with E-state index in [1.807, 2.05) is 0 Å². The molecule has 0 radical (unpaired) electrons. The minimum Gasteiger partial charge on any atom is -0.481 e. The number of hydrogen-bond donors (Lipinski definition) is 4. The Bertz CT molecular complexity index is 204. The Morgan fingerprint density at radius 3 is 1.06 bits per heavy atom. The molecule has 0 saturated carbocycles. The molecule has 0 heterocycles. The van der Waals surface area contributed by atoms with E-state index in [0.29, 0.717) is 0 Å². The molecule has 0 aliphatic heterocycles. The maximum absolute atomic E-state index is 10.0. The molecule has 0 aliphatic rings. The standard InChI is InChI=1S/C5H10O2.C4H10O2.C2H4O2/c1-5(2,3)4(6)7;1-3(5)4(2)6;1-2(3)4/h1-3H3,(H,6,7);3-6H,1-2H3;1H3,(H,3,4). The normalized spacial score (nSPS) is 13.2. The molecular formula is C11H24O6. The van der Waals surface area contributed by atoms with Gasteiger partial charge in [0.2, 0.25) is 0 Å². The monoisotopic (exact) mass is 252 g/mol. The smallest absolute Gasteiger partial charge is 0.308 e. The second-order valence-electron chi connectivity index (χ2n) is 4.56. The van der Waals surface area contributed by atoms with Crippen LogP contribution in [0.2, 0.25) is 0 Å². The molecule has 0 aromatic carbocycles. The van der Waals surface area contributed by atoms with E-state index in [1.54, 1.807) is 34.6 Å². The van der Waals surface area contributed by atoms with Crippen LogP contribution in [0.4, 0.5) is 0 Å². The Morgan fingerprint density at radius 2 is 1.06 bits per heavy atom. The summed E-state index contributed by atoms with van der Waals surface area (Å²) in [5, 5.41) is 32.4. The molecule has 0 spiro atoms. The molecular weight excluding hydrogens is 228 g/mol. The summed E-state index contributed by atoms with van der Waals surface area (Å²) in [6.45, 7) is 9.16. The topological polar surface area (TPSA) is 115 Å². The highest BCUT2D eigenvalue weighted by atomic mass is 16.4. The first-order chi connectivity index (χ1) is 7.32. The quantitative estimate of drug-likeness (QED) is 0.552. The zero-order chi connectivity index (χ0) is 14.8. The van der Waals surface area contributed by atoms with E-state index in [0.717, 1.165) is 6.92 Å². The summed E-state index contributed by atoms with van der Waals surface area (Å²) in [5.41, 5.74) is -0.583. The van der Waals surface area contributed by atoms with E-state index in [2.05, 4.69) is 0 Å². The van der Waals surface area contributed by atoms with E-state index in [9.17, 15) is 4.79 Å². The molecule has 2 unspecified atom stereocenters. The first kappa shape index (κ1) is 21.2. The van der Waals surface area contributed by atoms with Crippen LogP contribution in [0, 0.1) is 5.41 Å². The predicted molar refractivity (Wildman–Crippen MR) is 63.8 cm³/mol. The highest BCUT2D eigenvalue weighted by molar-refractivity contribution is 5.72. The number of carboxylic acids is 2. The first-order valence-electron chi connectivity index (χ1n) is 5.11. The van der Waals surface area contributed by atoms with Crippen molar-refractivity contribution in [2.75, 3.05) is 0 Å². The van der Waals surface area contributed by atoms with Crippen LogP contribution < -0.4 is 0 Å².